The van der Waals surface area contributed by atoms with Crippen LogP contribution in [-0.2, 0) is 19.4 Å². The third-order valence-electron chi connectivity index (χ3n) is 3.83. The molecule has 0 aromatic heterocycles. The Balaban J connectivity index is 2.06. The van der Waals surface area contributed by atoms with Crippen LogP contribution in [0.4, 0.5) is 5.69 Å². The highest BCUT2D eigenvalue weighted by Gasteiger charge is 2.17. The number of sulfone groups is 1. The van der Waals surface area contributed by atoms with Crippen molar-refractivity contribution in [1.82, 2.24) is 0 Å². The predicted octanol–water partition coefficient (Wildman–Crippen LogP) is 2.08. The molecule has 1 unspecified atom stereocenters. The molecule has 132 valence electrons. The topological polar surface area (TPSA) is 110 Å². The van der Waals surface area contributed by atoms with Crippen LogP contribution in [-0.4, -0.2) is 44.4 Å². The van der Waals surface area contributed by atoms with Gasteiger partial charge in [-0.2, -0.15) is 0 Å². The number of carboxylic acids is 1. The average molecular weight is 355 g/mol. The van der Waals surface area contributed by atoms with Crippen LogP contribution in [0.3, 0.4) is 0 Å². The Bertz CT molecular complexity index is 722. The minimum atomic E-state index is -3.58. The molecule has 1 aromatic rings. The largest absolute Gasteiger partial charge is 0.478 e. The first-order valence-electron chi connectivity index (χ1n) is 7.75. The summed E-state index contributed by atoms with van der Waals surface area (Å²) in [5.41, 5.74) is -0.0336. The fourth-order valence-electron chi connectivity index (χ4n) is 2.56. The van der Waals surface area contributed by atoms with E-state index >= 15 is 0 Å². The molecule has 0 spiro atoms. The lowest BCUT2D eigenvalue weighted by Crippen LogP contribution is -2.22. The van der Waals surface area contributed by atoms with E-state index in [4.69, 9.17) is 9.84 Å². The molecule has 1 heterocycles. The van der Waals surface area contributed by atoms with E-state index in [-0.39, 0.29) is 34.6 Å². The first-order valence-corrected chi connectivity index (χ1v) is 9.65. The van der Waals surface area contributed by atoms with Crippen molar-refractivity contribution in [3.63, 3.8) is 0 Å². The average Bonchev–Trinajstić information content (AvgIpc) is 2.53. The van der Waals surface area contributed by atoms with Crippen LogP contribution in [0.15, 0.2) is 23.1 Å². The molecule has 24 heavy (non-hydrogen) atoms. The number of carbonyl (C=O) groups excluding carboxylic acids is 1. The van der Waals surface area contributed by atoms with Crippen molar-refractivity contribution in [3.05, 3.63) is 23.8 Å². The summed E-state index contributed by atoms with van der Waals surface area (Å²) in [4.78, 5) is 23.0. The van der Waals surface area contributed by atoms with Gasteiger partial charge in [-0.25, -0.2) is 13.2 Å². The second-order valence-corrected chi connectivity index (χ2v) is 7.91. The number of benzene rings is 1. The summed E-state index contributed by atoms with van der Waals surface area (Å²) in [7, 11) is -3.58. The van der Waals surface area contributed by atoms with Gasteiger partial charge < -0.3 is 15.2 Å². The Morgan fingerprint density at radius 1 is 1.29 bits per heavy atom. The van der Waals surface area contributed by atoms with Crippen LogP contribution >= 0.6 is 0 Å². The third-order valence-corrected chi connectivity index (χ3v) is 4.92. The van der Waals surface area contributed by atoms with Crippen LogP contribution in [0.1, 0.15) is 42.5 Å². The molecular weight excluding hydrogens is 334 g/mol. The van der Waals surface area contributed by atoms with E-state index in [1.807, 2.05) is 0 Å². The van der Waals surface area contributed by atoms with Crippen LogP contribution in [0.25, 0.3) is 0 Å². The summed E-state index contributed by atoms with van der Waals surface area (Å²) in [5.74, 6) is -1.56. The van der Waals surface area contributed by atoms with Gasteiger partial charge in [0.1, 0.15) is 0 Å². The SMILES string of the molecule is CS(=O)(=O)c1cc(NC(=O)CCC2CCCCO2)cc(C(=O)O)c1. The van der Waals surface area contributed by atoms with Gasteiger partial charge in [0.25, 0.3) is 0 Å². The normalized spacial score (nSPS) is 18.1. The van der Waals surface area contributed by atoms with Crippen molar-refractivity contribution in [1.29, 1.82) is 0 Å². The molecule has 0 saturated carbocycles. The quantitative estimate of drug-likeness (QED) is 0.808. The van der Waals surface area contributed by atoms with Crippen molar-refractivity contribution in [2.75, 3.05) is 18.2 Å². The molecule has 7 nitrogen and oxygen atoms in total. The number of rotatable bonds is 6. The molecule has 0 bridgehead atoms. The number of hydrogen-bond donors (Lipinski definition) is 2. The van der Waals surface area contributed by atoms with E-state index in [1.54, 1.807) is 0 Å². The first-order chi connectivity index (χ1) is 11.3. The van der Waals surface area contributed by atoms with E-state index in [0.717, 1.165) is 31.6 Å². The summed E-state index contributed by atoms with van der Waals surface area (Å²) in [5, 5.41) is 11.7. The Hall–Kier alpha value is -1.93. The molecular formula is C16H21NO6S. The molecule has 1 aliphatic heterocycles. The smallest absolute Gasteiger partial charge is 0.335 e. The lowest BCUT2D eigenvalue weighted by molar-refractivity contribution is -0.117. The summed E-state index contributed by atoms with van der Waals surface area (Å²) < 4.78 is 28.9. The Morgan fingerprint density at radius 3 is 2.62 bits per heavy atom. The highest BCUT2D eigenvalue weighted by atomic mass is 32.2. The molecule has 1 aliphatic rings. The standard InChI is InChI=1S/C16H21NO6S/c1-24(21,22)14-9-11(16(19)20)8-12(10-14)17-15(18)6-5-13-4-2-3-7-23-13/h8-10,13H,2-7H2,1H3,(H,17,18)(H,19,20). The van der Waals surface area contributed by atoms with E-state index in [2.05, 4.69) is 5.32 Å². The summed E-state index contributed by atoms with van der Waals surface area (Å²) in [6.45, 7) is 0.713. The first kappa shape index (κ1) is 18.4. The number of aromatic carboxylic acids is 1. The molecule has 1 saturated heterocycles. The van der Waals surface area contributed by atoms with E-state index in [9.17, 15) is 18.0 Å². The minimum Gasteiger partial charge on any atom is -0.478 e. The molecule has 1 amide bonds. The molecule has 0 radical (unpaired) electrons. The molecule has 8 heteroatoms. The van der Waals surface area contributed by atoms with E-state index in [1.165, 1.54) is 12.1 Å². The lowest BCUT2D eigenvalue weighted by atomic mass is 10.0. The third kappa shape index (κ3) is 5.31. The maximum atomic E-state index is 12.0. The van der Waals surface area contributed by atoms with Gasteiger partial charge in [0, 0.05) is 25.0 Å². The second-order valence-electron chi connectivity index (χ2n) is 5.90. The highest BCUT2D eigenvalue weighted by Crippen LogP contribution is 2.21. The van der Waals surface area contributed by atoms with Crippen LogP contribution in [0.5, 0.6) is 0 Å². The molecule has 2 N–H and O–H groups in total. The van der Waals surface area contributed by atoms with E-state index in [0.29, 0.717) is 13.0 Å². The van der Waals surface area contributed by atoms with E-state index < -0.39 is 15.8 Å². The number of anilines is 1. The summed E-state index contributed by atoms with van der Waals surface area (Å²) in [6, 6.07) is 3.58. The fraction of sp³-hybridized carbons (Fsp3) is 0.500. The number of carboxylic acid groups (broad SMARTS) is 1. The fourth-order valence-corrected chi connectivity index (χ4v) is 3.24. The number of ether oxygens (including phenoxy) is 1. The Morgan fingerprint density at radius 2 is 2.04 bits per heavy atom. The molecule has 0 aliphatic carbocycles. The maximum Gasteiger partial charge on any atom is 0.335 e. The van der Waals surface area contributed by atoms with Crippen molar-refractivity contribution >= 4 is 27.4 Å². The van der Waals surface area contributed by atoms with Gasteiger partial charge in [0.2, 0.25) is 5.91 Å². The highest BCUT2D eigenvalue weighted by molar-refractivity contribution is 7.90. The lowest BCUT2D eigenvalue weighted by Gasteiger charge is -2.22. The molecule has 1 fully saturated rings. The van der Waals surface area contributed by atoms with Gasteiger partial charge in [-0.05, 0) is 43.9 Å². The van der Waals surface area contributed by atoms with Gasteiger partial charge >= 0.3 is 5.97 Å². The van der Waals surface area contributed by atoms with Crippen LogP contribution in [0.2, 0.25) is 0 Å². The predicted molar refractivity (Wildman–Crippen MR) is 88.0 cm³/mol. The number of amides is 1. The molecule has 1 aromatic carbocycles. The zero-order chi connectivity index (χ0) is 17.7. The van der Waals surface area contributed by atoms with Crippen LogP contribution < -0.4 is 5.32 Å². The number of carbonyl (C=O) groups is 2. The van der Waals surface area contributed by atoms with Gasteiger partial charge in [-0.1, -0.05) is 0 Å². The number of nitrogens with one attached hydrogen (secondary N) is 1. The van der Waals surface area contributed by atoms with Crippen molar-refractivity contribution in [2.24, 2.45) is 0 Å². The zero-order valence-electron chi connectivity index (χ0n) is 13.4. The van der Waals surface area contributed by atoms with Crippen molar-refractivity contribution in [3.8, 4) is 0 Å². The molecule has 2 rings (SSSR count). The second kappa shape index (κ2) is 7.76. The monoisotopic (exact) mass is 355 g/mol. The zero-order valence-corrected chi connectivity index (χ0v) is 14.3. The Kier molecular flexibility index (Phi) is 5.95. The van der Waals surface area contributed by atoms with Gasteiger partial charge in [0.15, 0.2) is 9.84 Å². The minimum absolute atomic E-state index is 0.0708. The number of hydrogen-bond acceptors (Lipinski definition) is 5. The maximum absolute atomic E-state index is 12.0. The van der Waals surface area contributed by atoms with Gasteiger partial charge in [0.05, 0.1) is 16.6 Å². The summed E-state index contributed by atoms with van der Waals surface area (Å²) >= 11 is 0. The van der Waals surface area contributed by atoms with Crippen molar-refractivity contribution < 1.29 is 27.9 Å². The van der Waals surface area contributed by atoms with Crippen LogP contribution in [0, 0.1) is 0 Å². The van der Waals surface area contributed by atoms with Gasteiger partial charge in [-0.15, -0.1) is 0 Å². The Labute approximate surface area is 140 Å². The van der Waals surface area contributed by atoms with Gasteiger partial charge in [-0.3, -0.25) is 4.79 Å². The molecule has 1 atom stereocenters. The summed E-state index contributed by atoms with van der Waals surface area (Å²) in [6.07, 6.45) is 4.94. The van der Waals surface area contributed by atoms with Crippen molar-refractivity contribution in [2.45, 2.75) is 43.1 Å².